The van der Waals surface area contributed by atoms with Gasteiger partial charge in [0.15, 0.2) is 0 Å². The van der Waals surface area contributed by atoms with E-state index in [1.165, 1.54) is 0 Å². The molecule has 3 nitrogen and oxygen atoms in total. The first kappa shape index (κ1) is 6.55. The van der Waals surface area contributed by atoms with Gasteiger partial charge in [-0.2, -0.15) is 0 Å². The van der Waals surface area contributed by atoms with E-state index in [1.54, 1.807) is 0 Å². The molecule has 1 aliphatic rings. The van der Waals surface area contributed by atoms with E-state index in [4.69, 9.17) is 0 Å². The summed E-state index contributed by atoms with van der Waals surface area (Å²) in [5.41, 5.74) is 0. The smallest absolute Gasteiger partial charge is 0.234 e. The minimum atomic E-state index is 0.111. The zero-order valence-electron chi connectivity index (χ0n) is 5.61. The molecule has 2 N–H and O–H groups in total. The molecule has 0 unspecified atom stereocenters. The van der Waals surface area contributed by atoms with E-state index in [2.05, 4.69) is 17.6 Å². The summed E-state index contributed by atoms with van der Waals surface area (Å²) in [4.78, 5) is 10.6. The second-order valence-electron chi connectivity index (χ2n) is 2.29. The van der Waals surface area contributed by atoms with E-state index in [1.807, 2.05) is 0 Å². The van der Waals surface area contributed by atoms with E-state index in [9.17, 15) is 4.79 Å². The average Bonchev–Trinajstić information content (AvgIpc) is 1.90. The molecule has 1 saturated heterocycles. The summed E-state index contributed by atoms with van der Waals surface area (Å²) in [6.07, 6.45) is 1.08. The van der Waals surface area contributed by atoms with Gasteiger partial charge < -0.3 is 10.6 Å². The van der Waals surface area contributed by atoms with Crippen molar-refractivity contribution in [1.29, 1.82) is 0 Å². The fourth-order valence-electron chi connectivity index (χ4n) is 0.897. The van der Waals surface area contributed by atoms with E-state index < -0.39 is 0 Å². The van der Waals surface area contributed by atoms with Crippen LogP contribution in [0.5, 0.6) is 0 Å². The van der Waals surface area contributed by atoms with Crippen molar-refractivity contribution in [2.45, 2.75) is 19.4 Å². The van der Waals surface area contributed by atoms with Gasteiger partial charge in [0.25, 0.3) is 0 Å². The molecule has 9 heavy (non-hydrogen) atoms. The van der Waals surface area contributed by atoms with Gasteiger partial charge in [0.1, 0.15) is 0 Å². The van der Waals surface area contributed by atoms with Gasteiger partial charge in [-0.05, 0) is 6.42 Å². The minimum Gasteiger partial charge on any atom is -0.353 e. The highest BCUT2D eigenvalue weighted by molar-refractivity contribution is 5.78. The van der Waals surface area contributed by atoms with Crippen molar-refractivity contribution in [2.24, 2.45) is 0 Å². The lowest BCUT2D eigenvalue weighted by atomic mass is 10.2. The normalized spacial score (nSPS) is 27.7. The lowest BCUT2D eigenvalue weighted by Crippen LogP contribution is -2.51. The van der Waals surface area contributed by atoms with Crippen molar-refractivity contribution in [1.82, 2.24) is 10.6 Å². The van der Waals surface area contributed by atoms with Crippen LogP contribution >= 0.6 is 0 Å². The summed E-state index contributed by atoms with van der Waals surface area (Å²) in [6, 6.07) is 0.489. The predicted octanol–water partition coefficient (Wildman–Crippen LogP) is -0.516. The van der Waals surface area contributed by atoms with Gasteiger partial charge >= 0.3 is 0 Å². The molecule has 3 heteroatoms. The zero-order valence-corrected chi connectivity index (χ0v) is 5.61. The highest BCUT2D eigenvalue weighted by atomic mass is 16.2. The van der Waals surface area contributed by atoms with Gasteiger partial charge in [-0.3, -0.25) is 4.79 Å². The van der Waals surface area contributed by atoms with Crippen molar-refractivity contribution in [3.05, 3.63) is 0 Å². The summed E-state index contributed by atoms with van der Waals surface area (Å²) < 4.78 is 0. The molecule has 0 aromatic rings. The number of carbonyl (C=O) groups is 1. The Morgan fingerprint density at radius 3 is 3.00 bits per heavy atom. The number of nitrogens with one attached hydrogen (secondary N) is 2. The minimum absolute atomic E-state index is 0.111. The Hall–Kier alpha value is -0.570. The summed E-state index contributed by atoms with van der Waals surface area (Å²) in [7, 11) is 0. The van der Waals surface area contributed by atoms with Crippen molar-refractivity contribution >= 4 is 5.91 Å². The molecule has 0 aromatic heterocycles. The zero-order chi connectivity index (χ0) is 6.69. The quantitative estimate of drug-likeness (QED) is 0.499. The number of piperazine rings is 1. The van der Waals surface area contributed by atoms with Crippen LogP contribution < -0.4 is 10.6 Å². The molecule has 1 rings (SSSR count). The second kappa shape index (κ2) is 2.82. The number of amides is 1. The Labute approximate surface area is 54.8 Å². The maximum atomic E-state index is 10.6. The molecule has 0 saturated carbocycles. The molecule has 1 atom stereocenters. The summed E-state index contributed by atoms with van der Waals surface area (Å²) in [5, 5.41) is 5.89. The van der Waals surface area contributed by atoms with Crippen molar-refractivity contribution in [2.75, 3.05) is 13.1 Å². The number of rotatable bonds is 1. The highest BCUT2D eigenvalue weighted by Gasteiger charge is 2.13. The first-order valence-corrected chi connectivity index (χ1v) is 3.33. The standard InChI is InChI=1S/C6H12N2O/c1-2-5-3-8-6(9)4-7-5/h5,7H,2-4H2,1H3,(H,8,9)/t5-/m0/s1. The molecule has 0 aliphatic carbocycles. The van der Waals surface area contributed by atoms with Gasteiger partial charge in [-0.25, -0.2) is 0 Å². The molecule has 0 aromatic carbocycles. The largest absolute Gasteiger partial charge is 0.353 e. The van der Waals surface area contributed by atoms with Gasteiger partial charge in [-0.1, -0.05) is 6.92 Å². The van der Waals surface area contributed by atoms with Gasteiger partial charge in [0.2, 0.25) is 5.91 Å². The summed E-state index contributed by atoms with van der Waals surface area (Å²) >= 11 is 0. The topological polar surface area (TPSA) is 41.1 Å². The molecule has 0 bridgehead atoms. The third-order valence-corrected chi connectivity index (χ3v) is 1.59. The van der Waals surface area contributed by atoms with E-state index in [-0.39, 0.29) is 5.91 Å². The first-order chi connectivity index (χ1) is 4.33. The number of hydrogen-bond donors (Lipinski definition) is 2. The molecular weight excluding hydrogens is 116 g/mol. The van der Waals surface area contributed by atoms with E-state index in [0.29, 0.717) is 12.6 Å². The van der Waals surface area contributed by atoms with Crippen LogP contribution in [0.3, 0.4) is 0 Å². The Kier molecular flexibility index (Phi) is 2.05. The van der Waals surface area contributed by atoms with Crippen molar-refractivity contribution < 1.29 is 4.79 Å². The SMILES string of the molecule is CC[C@H]1CNC(=O)CN1. The number of hydrogen-bond acceptors (Lipinski definition) is 2. The fraction of sp³-hybridized carbons (Fsp3) is 0.833. The Balaban J connectivity index is 2.26. The average molecular weight is 128 g/mol. The maximum absolute atomic E-state index is 10.6. The Morgan fingerprint density at radius 1 is 1.78 bits per heavy atom. The van der Waals surface area contributed by atoms with Crippen LogP contribution in [0, 0.1) is 0 Å². The van der Waals surface area contributed by atoms with Crippen molar-refractivity contribution in [3.8, 4) is 0 Å². The third-order valence-electron chi connectivity index (χ3n) is 1.59. The van der Waals surface area contributed by atoms with Crippen LogP contribution in [0.25, 0.3) is 0 Å². The van der Waals surface area contributed by atoms with Crippen LogP contribution in [0.2, 0.25) is 0 Å². The molecule has 1 fully saturated rings. The van der Waals surface area contributed by atoms with Gasteiger partial charge in [0, 0.05) is 12.6 Å². The number of carbonyl (C=O) groups excluding carboxylic acids is 1. The summed E-state index contributed by atoms with van der Waals surface area (Å²) in [5.74, 6) is 0.111. The monoisotopic (exact) mass is 128 g/mol. The van der Waals surface area contributed by atoms with Crippen LogP contribution in [0.4, 0.5) is 0 Å². The fourth-order valence-corrected chi connectivity index (χ4v) is 0.897. The lowest BCUT2D eigenvalue weighted by Gasteiger charge is -2.22. The molecule has 1 amide bonds. The van der Waals surface area contributed by atoms with Crippen LogP contribution in [-0.2, 0) is 4.79 Å². The molecule has 52 valence electrons. The Bertz CT molecular complexity index is 104. The van der Waals surface area contributed by atoms with E-state index >= 15 is 0 Å². The van der Waals surface area contributed by atoms with Crippen LogP contribution in [-0.4, -0.2) is 25.0 Å². The van der Waals surface area contributed by atoms with Gasteiger partial charge in [0.05, 0.1) is 6.54 Å². The maximum Gasteiger partial charge on any atom is 0.234 e. The van der Waals surface area contributed by atoms with E-state index in [0.717, 1.165) is 13.0 Å². The predicted molar refractivity (Wildman–Crippen MR) is 35.1 cm³/mol. The molecule has 1 heterocycles. The third kappa shape index (κ3) is 1.68. The summed E-state index contributed by atoms with van der Waals surface area (Å²) in [6.45, 7) is 3.38. The first-order valence-electron chi connectivity index (χ1n) is 3.33. The molecular formula is C6H12N2O. The lowest BCUT2D eigenvalue weighted by molar-refractivity contribution is -0.121. The molecule has 0 spiro atoms. The molecule has 0 radical (unpaired) electrons. The van der Waals surface area contributed by atoms with Crippen LogP contribution in [0.1, 0.15) is 13.3 Å². The Morgan fingerprint density at radius 2 is 2.56 bits per heavy atom. The van der Waals surface area contributed by atoms with Gasteiger partial charge in [-0.15, -0.1) is 0 Å². The molecule has 1 aliphatic heterocycles. The highest BCUT2D eigenvalue weighted by Crippen LogP contribution is 1.91. The van der Waals surface area contributed by atoms with Crippen molar-refractivity contribution in [3.63, 3.8) is 0 Å². The second-order valence-corrected chi connectivity index (χ2v) is 2.29. The van der Waals surface area contributed by atoms with Crippen LogP contribution in [0.15, 0.2) is 0 Å².